The number of para-hydroxylation sites is 3. The zero-order valence-electron chi connectivity index (χ0n) is 28.0. The lowest BCUT2D eigenvalue weighted by Gasteiger charge is -2.09. The molecule has 0 aliphatic carbocycles. The number of benzene rings is 6. The third kappa shape index (κ3) is 4.92. The smallest absolute Gasteiger partial charge is 0.125 e. The van der Waals surface area contributed by atoms with Crippen molar-refractivity contribution < 1.29 is 0 Å². The summed E-state index contributed by atoms with van der Waals surface area (Å²) < 4.78 is 5.93. The summed E-state index contributed by atoms with van der Waals surface area (Å²) in [5, 5.41) is 8.31. The topological polar surface area (TPSA) is 35.1 Å². The molecule has 4 nitrogen and oxygen atoms in total. The molecule has 4 heterocycles. The maximum Gasteiger partial charge on any atom is 0.125 e. The van der Waals surface area contributed by atoms with E-state index in [1.807, 2.05) is 12.3 Å². The third-order valence-electron chi connectivity index (χ3n) is 9.87. The van der Waals surface area contributed by atoms with Crippen molar-refractivity contribution in [2.24, 2.45) is 4.99 Å². The number of rotatable bonds is 4. The van der Waals surface area contributed by atoms with Gasteiger partial charge >= 0.3 is 0 Å². The first kappa shape index (κ1) is 30.6. The van der Waals surface area contributed by atoms with Gasteiger partial charge in [0, 0.05) is 48.9 Å². The molecule has 10 aromatic rings. The van der Waals surface area contributed by atoms with Crippen LogP contribution in [0.4, 0.5) is 0 Å². The molecular formula is C46H32N4S. The molecule has 0 unspecified atom stereocenters. The fraction of sp³-hybridized carbons (Fsp3) is 0.0435. The normalized spacial score (nSPS) is 11.9. The number of aryl methyl sites for hydroxylation is 1. The second kappa shape index (κ2) is 12.4. The number of terminal acetylenes is 1. The maximum absolute atomic E-state index is 5.36. The van der Waals surface area contributed by atoms with Gasteiger partial charge in [-0.2, -0.15) is 0 Å². The van der Waals surface area contributed by atoms with Crippen LogP contribution in [0.1, 0.15) is 5.56 Å². The van der Waals surface area contributed by atoms with Crippen LogP contribution in [-0.2, 0) is 6.67 Å². The monoisotopic (exact) mass is 672 g/mol. The van der Waals surface area contributed by atoms with Gasteiger partial charge in [-0.1, -0.05) is 78.9 Å². The lowest BCUT2D eigenvalue weighted by Crippen LogP contribution is -2.09. The van der Waals surface area contributed by atoms with Gasteiger partial charge in [0.25, 0.3) is 0 Å². The molecule has 0 N–H and O–H groups in total. The van der Waals surface area contributed by atoms with Crippen molar-refractivity contribution in [3.63, 3.8) is 0 Å². The van der Waals surface area contributed by atoms with Crippen molar-refractivity contribution in [1.29, 1.82) is 0 Å². The van der Waals surface area contributed by atoms with Gasteiger partial charge in [0.05, 0.1) is 27.4 Å². The molecule has 0 amide bonds. The van der Waals surface area contributed by atoms with Crippen LogP contribution in [0.5, 0.6) is 0 Å². The van der Waals surface area contributed by atoms with Crippen LogP contribution in [-0.4, -0.2) is 14.1 Å². The van der Waals surface area contributed by atoms with Gasteiger partial charge in [-0.3, -0.25) is 4.99 Å². The van der Waals surface area contributed by atoms with Crippen molar-refractivity contribution in [3.8, 4) is 29.7 Å². The van der Waals surface area contributed by atoms with Crippen LogP contribution in [0.2, 0.25) is 0 Å². The van der Waals surface area contributed by atoms with E-state index in [-0.39, 0.29) is 0 Å². The summed E-state index contributed by atoms with van der Waals surface area (Å²) in [7, 11) is 0. The molecular weight excluding hydrogens is 641 g/mol. The fourth-order valence-electron chi connectivity index (χ4n) is 7.62. The van der Waals surface area contributed by atoms with Crippen LogP contribution in [0.25, 0.3) is 80.7 Å². The summed E-state index contributed by atoms with van der Waals surface area (Å²) in [4.78, 5) is 11.1. The highest BCUT2D eigenvalue weighted by Gasteiger charge is 2.15. The SMILES string of the molecule is C#C.Cc1cccc2sc3ncccc3/c(=N/Cn3c4ccccc4c4cc(-c5ccc6c(c5)c5ccccc5n6-c5ccccc5)ccc43)c12. The Hall–Kier alpha value is -6.48. The lowest BCUT2D eigenvalue weighted by atomic mass is 10.0. The highest BCUT2D eigenvalue weighted by atomic mass is 32.1. The Bertz CT molecular complexity index is 3030. The van der Waals surface area contributed by atoms with Gasteiger partial charge in [-0.15, -0.1) is 24.2 Å². The highest BCUT2D eigenvalue weighted by Crippen LogP contribution is 2.37. The molecule has 0 bridgehead atoms. The Morgan fingerprint density at radius 1 is 0.588 bits per heavy atom. The predicted octanol–water partition coefficient (Wildman–Crippen LogP) is 11.4. The molecule has 10 rings (SSSR count). The van der Waals surface area contributed by atoms with E-state index in [4.69, 9.17) is 9.98 Å². The zero-order chi connectivity index (χ0) is 34.5. The van der Waals surface area contributed by atoms with Crippen LogP contribution in [0.3, 0.4) is 0 Å². The summed E-state index contributed by atoms with van der Waals surface area (Å²) >= 11 is 1.73. The molecule has 0 radical (unpaired) electrons. The molecule has 0 fully saturated rings. The lowest BCUT2D eigenvalue weighted by molar-refractivity contribution is 0.773. The van der Waals surface area contributed by atoms with Gasteiger partial charge in [-0.25, -0.2) is 4.98 Å². The van der Waals surface area contributed by atoms with Crippen molar-refractivity contribution in [2.75, 3.05) is 0 Å². The summed E-state index contributed by atoms with van der Waals surface area (Å²) in [6, 6.07) is 52.5. The number of fused-ring (bicyclic) bond motifs is 8. The predicted molar refractivity (Wildman–Crippen MR) is 217 cm³/mol. The molecule has 5 heteroatoms. The molecule has 0 aliphatic heterocycles. The minimum Gasteiger partial charge on any atom is -0.320 e. The Labute approximate surface area is 299 Å². The van der Waals surface area contributed by atoms with Crippen molar-refractivity contribution >= 4 is 75.3 Å². The Kier molecular flexibility index (Phi) is 7.46. The van der Waals surface area contributed by atoms with E-state index in [1.54, 1.807) is 11.3 Å². The largest absolute Gasteiger partial charge is 0.320 e. The van der Waals surface area contributed by atoms with Crippen molar-refractivity contribution in [1.82, 2.24) is 14.1 Å². The van der Waals surface area contributed by atoms with Crippen LogP contribution >= 0.6 is 11.3 Å². The number of nitrogens with zero attached hydrogens (tertiary/aromatic N) is 4. The van der Waals surface area contributed by atoms with Gasteiger partial charge in [0.15, 0.2) is 0 Å². The van der Waals surface area contributed by atoms with E-state index in [2.05, 4.69) is 168 Å². The van der Waals surface area contributed by atoms with E-state index in [0.717, 1.165) is 15.6 Å². The van der Waals surface area contributed by atoms with Crippen LogP contribution < -0.4 is 5.36 Å². The minimum absolute atomic E-state index is 0.510. The van der Waals surface area contributed by atoms with Crippen LogP contribution in [0.15, 0.2) is 157 Å². The van der Waals surface area contributed by atoms with Crippen molar-refractivity contribution in [2.45, 2.75) is 13.6 Å². The van der Waals surface area contributed by atoms with Gasteiger partial charge in [0.2, 0.25) is 0 Å². The Balaban J connectivity index is 0.00000171. The highest BCUT2D eigenvalue weighted by molar-refractivity contribution is 7.24. The first-order chi connectivity index (χ1) is 25.2. The third-order valence-corrected chi connectivity index (χ3v) is 10.9. The molecule has 0 saturated carbocycles. The second-order valence-corrected chi connectivity index (χ2v) is 13.7. The Morgan fingerprint density at radius 3 is 1.98 bits per heavy atom. The van der Waals surface area contributed by atoms with Gasteiger partial charge in [0.1, 0.15) is 11.5 Å². The number of hydrogen-bond acceptors (Lipinski definition) is 3. The van der Waals surface area contributed by atoms with E-state index in [9.17, 15) is 0 Å². The van der Waals surface area contributed by atoms with E-state index in [1.165, 1.54) is 76.1 Å². The minimum atomic E-state index is 0.510. The first-order valence-electron chi connectivity index (χ1n) is 16.9. The molecule has 6 aromatic carbocycles. The van der Waals surface area contributed by atoms with E-state index >= 15 is 0 Å². The maximum atomic E-state index is 5.36. The first-order valence-corrected chi connectivity index (χ1v) is 17.8. The molecule has 0 atom stereocenters. The zero-order valence-corrected chi connectivity index (χ0v) is 28.8. The van der Waals surface area contributed by atoms with Crippen molar-refractivity contribution in [3.05, 3.63) is 163 Å². The summed E-state index contributed by atoms with van der Waals surface area (Å²) in [6.45, 7) is 2.69. The summed E-state index contributed by atoms with van der Waals surface area (Å²) in [6.07, 6.45) is 9.87. The van der Waals surface area contributed by atoms with Gasteiger partial charge < -0.3 is 9.13 Å². The average Bonchev–Trinajstić information content (AvgIpc) is 3.69. The molecule has 0 spiro atoms. The molecule has 242 valence electrons. The number of hydrogen-bond donors (Lipinski definition) is 0. The van der Waals surface area contributed by atoms with E-state index in [0.29, 0.717) is 6.67 Å². The van der Waals surface area contributed by atoms with E-state index < -0.39 is 0 Å². The second-order valence-electron chi connectivity index (χ2n) is 12.7. The molecule has 0 saturated heterocycles. The quantitative estimate of drug-likeness (QED) is 0.135. The van der Waals surface area contributed by atoms with Crippen LogP contribution in [0, 0.1) is 19.8 Å². The molecule has 51 heavy (non-hydrogen) atoms. The molecule has 4 aromatic heterocycles. The number of aromatic nitrogens is 3. The standard InChI is InChI=1S/C44H30N4S.C2H2/c1-28-11-9-19-41-42(28)43(34-16-10-24-45-44(34)49-41)46-27-47-37-17-7-5-14-32(37)35-25-29(20-22-38(35)47)30-21-23-40-36(26-30)33-15-6-8-18-39(33)48(40)31-12-3-2-4-13-31;1-2/h2-26H,27H2,1H3;1-2H/b46-43-;. The van der Waals surface area contributed by atoms with Gasteiger partial charge in [-0.05, 0) is 90.3 Å². The average molecular weight is 673 g/mol. The summed E-state index contributed by atoms with van der Waals surface area (Å²) in [5.74, 6) is 0. The number of pyridine rings is 1. The fourth-order valence-corrected chi connectivity index (χ4v) is 8.72. The molecule has 0 aliphatic rings. The summed E-state index contributed by atoms with van der Waals surface area (Å²) in [5.41, 5.74) is 9.60. The Morgan fingerprint density at radius 2 is 1.20 bits per heavy atom.